The number of nitrogens with one attached hydrogen (secondary N) is 2. The summed E-state index contributed by atoms with van der Waals surface area (Å²) in [4.78, 5) is 11.9. The number of carbonyl (C=O) groups is 1. The highest BCUT2D eigenvalue weighted by atomic mass is 35.5. The van der Waals surface area contributed by atoms with Crippen LogP contribution in [-0.2, 0) is 6.54 Å². The van der Waals surface area contributed by atoms with E-state index in [9.17, 15) is 4.79 Å². The molecule has 6 heteroatoms. The lowest BCUT2D eigenvalue weighted by Gasteiger charge is -2.10. The molecule has 0 radical (unpaired) electrons. The second-order valence-electron chi connectivity index (χ2n) is 4.51. The minimum atomic E-state index is -0.349. The molecule has 2 rings (SSSR count). The largest absolute Gasteiger partial charge is 0.494 e. The zero-order chi connectivity index (χ0) is 15.9. The normalized spacial score (nSPS) is 10.1. The van der Waals surface area contributed by atoms with Gasteiger partial charge in [0.2, 0.25) is 0 Å². The third-order valence-corrected chi connectivity index (χ3v) is 3.43. The fraction of sp³-hybridized carbons (Fsp3) is 0.188. The van der Waals surface area contributed by atoms with Crippen molar-refractivity contribution in [3.63, 3.8) is 0 Å². The van der Waals surface area contributed by atoms with Crippen LogP contribution in [0.1, 0.15) is 12.5 Å². The van der Waals surface area contributed by atoms with Gasteiger partial charge in [-0.15, -0.1) is 0 Å². The minimum Gasteiger partial charge on any atom is -0.494 e. The van der Waals surface area contributed by atoms with Crippen LogP contribution in [0.25, 0.3) is 0 Å². The van der Waals surface area contributed by atoms with Gasteiger partial charge in [-0.1, -0.05) is 35.3 Å². The van der Waals surface area contributed by atoms with E-state index in [1.54, 1.807) is 18.2 Å². The van der Waals surface area contributed by atoms with E-state index in [0.717, 1.165) is 11.3 Å². The zero-order valence-corrected chi connectivity index (χ0v) is 13.5. The summed E-state index contributed by atoms with van der Waals surface area (Å²) in [6.45, 7) is 2.96. The van der Waals surface area contributed by atoms with E-state index < -0.39 is 0 Å². The summed E-state index contributed by atoms with van der Waals surface area (Å²) >= 11 is 11.9. The number of urea groups is 1. The van der Waals surface area contributed by atoms with Crippen LogP contribution in [0.3, 0.4) is 0 Å². The standard InChI is InChI=1S/C16H16Cl2N2O2/c1-2-22-13-6-3-11(4-7-13)10-19-16(21)20-15-9-12(17)5-8-14(15)18/h3-9H,2,10H2,1H3,(H2,19,20,21). The minimum absolute atomic E-state index is 0.349. The lowest BCUT2D eigenvalue weighted by atomic mass is 10.2. The van der Waals surface area contributed by atoms with Gasteiger partial charge < -0.3 is 15.4 Å². The molecule has 0 aromatic heterocycles. The molecular formula is C16H16Cl2N2O2. The number of rotatable bonds is 5. The molecule has 22 heavy (non-hydrogen) atoms. The molecule has 0 aliphatic rings. The number of ether oxygens (including phenoxy) is 1. The Labute approximate surface area is 139 Å². The number of hydrogen-bond acceptors (Lipinski definition) is 2. The van der Waals surface area contributed by atoms with Gasteiger partial charge in [-0.25, -0.2) is 4.79 Å². The summed E-state index contributed by atoms with van der Waals surface area (Å²) in [6, 6.07) is 12.1. The zero-order valence-electron chi connectivity index (χ0n) is 12.0. The molecule has 0 atom stereocenters. The maximum Gasteiger partial charge on any atom is 0.319 e. The van der Waals surface area contributed by atoms with Crippen LogP contribution in [0.15, 0.2) is 42.5 Å². The maximum atomic E-state index is 11.9. The van der Waals surface area contributed by atoms with Crippen molar-refractivity contribution >= 4 is 34.9 Å². The number of benzene rings is 2. The van der Waals surface area contributed by atoms with E-state index in [-0.39, 0.29) is 6.03 Å². The summed E-state index contributed by atoms with van der Waals surface area (Å²) in [5.41, 5.74) is 1.44. The summed E-state index contributed by atoms with van der Waals surface area (Å²) < 4.78 is 5.36. The van der Waals surface area contributed by atoms with Crippen LogP contribution >= 0.6 is 23.2 Å². The molecule has 0 aliphatic carbocycles. The van der Waals surface area contributed by atoms with Crippen molar-refractivity contribution in [3.05, 3.63) is 58.1 Å². The maximum absolute atomic E-state index is 11.9. The van der Waals surface area contributed by atoms with Gasteiger partial charge >= 0.3 is 6.03 Å². The van der Waals surface area contributed by atoms with Crippen LogP contribution < -0.4 is 15.4 Å². The van der Waals surface area contributed by atoms with Crippen molar-refractivity contribution < 1.29 is 9.53 Å². The van der Waals surface area contributed by atoms with Crippen molar-refractivity contribution in [1.29, 1.82) is 0 Å². The predicted molar refractivity (Wildman–Crippen MR) is 89.9 cm³/mol. The molecule has 0 saturated heterocycles. The highest BCUT2D eigenvalue weighted by molar-refractivity contribution is 6.35. The third kappa shape index (κ3) is 4.83. The van der Waals surface area contributed by atoms with Crippen molar-refractivity contribution in [2.45, 2.75) is 13.5 Å². The molecular weight excluding hydrogens is 323 g/mol. The van der Waals surface area contributed by atoms with Crippen molar-refractivity contribution in [2.75, 3.05) is 11.9 Å². The first-order valence-corrected chi connectivity index (χ1v) is 7.55. The summed E-state index contributed by atoms with van der Waals surface area (Å²) in [5.74, 6) is 0.807. The SMILES string of the molecule is CCOc1ccc(CNC(=O)Nc2cc(Cl)ccc2Cl)cc1. The second kappa shape index (κ2) is 7.92. The summed E-state index contributed by atoms with van der Waals surface area (Å²) in [5, 5.41) is 6.35. The third-order valence-electron chi connectivity index (χ3n) is 2.86. The van der Waals surface area contributed by atoms with Crippen LogP contribution in [0.4, 0.5) is 10.5 Å². The Morgan fingerprint density at radius 3 is 2.55 bits per heavy atom. The first-order chi connectivity index (χ1) is 10.6. The molecule has 0 heterocycles. The molecule has 0 aliphatic heterocycles. The number of anilines is 1. The highest BCUT2D eigenvalue weighted by Gasteiger charge is 2.06. The second-order valence-corrected chi connectivity index (χ2v) is 5.35. The van der Waals surface area contributed by atoms with Gasteiger partial charge in [-0.2, -0.15) is 0 Å². The number of amides is 2. The molecule has 2 N–H and O–H groups in total. The number of hydrogen-bond donors (Lipinski definition) is 2. The number of carbonyl (C=O) groups excluding carboxylic acids is 1. The monoisotopic (exact) mass is 338 g/mol. The molecule has 0 fully saturated rings. The Kier molecular flexibility index (Phi) is 5.92. The Bertz CT molecular complexity index is 645. The average Bonchev–Trinajstić information content (AvgIpc) is 2.51. The van der Waals surface area contributed by atoms with Gasteiger partial charge in [0.1, 0.15) is 5.75 Å². The fourth-order valence-electron chi connectivity index (χ4n) is 1.81. The van der Waals surface area contributed by atoms with Gasteiger partial charge in [0, 0.05) is 11.6 Å². The summed E-state index contributed by atoms with van der Waals surface area (Å²) in [7, 11) is 0. The molecule has 0 bridgehead atoms. The topological polar surface area (TPSA) is 50.4 Å². The molecule has 116 valence electrons. The molecule has 0 saturated carbocycles. The van der Waals surface area contributed by atoms with Gasteiger partial charge in [0.15, 0.2) is 0 Å². The van der Waals surface area contributed by atoms with Crippen LogP contribution in [0, 0.1) is 0 Å². The Morgan fingerprint density at radius 1 is 1.14 bits per heavy atom. The van der Waals surface area contributed by atoms with E-state index in [1.165, 1.54) is 0 Å². The Hall–Kier alpha value is -1.91. The lowest BCUT2D eigenvalue weighted by Crippen LogP contribution is -2.28. The Morgan fingerprint density at radius 2 is 1.86 bits per heavy atom. The molecule has 4 nitrogen and oxygen atoms in total. The molecule has 2 aromatic carbocycles. The van der Waals surface area contributed by atoms with Gasteiger partial charge in [-0.3, -0.25) is 0 Å². The van der Waals surface area contributed by atoms with Crippen LogP contribution in [-0.4, -0.2) is 12.6 Å². The Balaban J connectivity index is 1.88. The molecule has 0 unspecified atom stereocenters. The molecule has 0 spiro atoms. The quantitative estimate of drug-likeness (QED) is 0.829. The van der Waals surface area contributed by atoms with E-state index in [0.29, 0.717) is 28.9 Å². The van der Waals surface area contributed by atoms with Crippen LogP contribution in [0.2, 0.25) is 10.0 Å². The lowest BCUT2D eigenvalue weighted by molar-refractivity contribution is 0.251. The summed E-state index contributed by atoms with van der Waals surface area (Å²) in [6.07, 6.45) is 0. The number of halogens is 2. The van der Waals surface area contributed by atoms with Crippen LogP contribution in [0.5, 0.6) is 5.75 Å². The first-order valence-electron chi connectivity index (χ1n) is 6.80. The van der Waals surface area contributed by atoms with Gasteiger partial charge in [-0.05, 0) is 42.8 Å². The van der Waals surface area contributed by atoms with Crippen molar-refractivity contribution in [1.82, 2.24) is 5.32 Å². The first kappa shape index (κ1) is 16.5. The smallest absolute Gasteiger partial charge is 0.319 e. The van der Waals surface area contributed by atoms with E-state index in [1.807, 2.05) is 31.2 Å². The van der Waals surface area contributed by atoms with E-state index in [4.69, 9.17) is 27.9 Å². The van der Waals surface area contributed by atoms with Crippen molar-refractivity contribution in [3.8, 4) is 5.75 Å². The van der Waals surface area contributed by atoms with E-state index >= 15 is 0 Å². The highest BCUT2D eigenvalue weighted by Crippen LogP contribution is 2.25. The van der Waals surface area contributed by atoms with Gasteiger partial charge in [0.05, 0.1) is 17.3 Å². The molecule has 2 aromatic rings. The van der Waals surface area contributed by atoms with Crippen molar-refractivity contribution in [2.24, 2.45) is 0 Å². The van der Waals surface area contributed by atoms with E-state index in [2.05, 4.69) is 10.6 Å². The average molecular weight is 339 g/mol. The molecule has 2 amide bonds. The predicted octanol–water partition coefficient (Wildman–Crippen LogP) is 4.71. The van der Waals surface area contributed by atoms with Gasteiger partial charge in [0.25, 0.3) is 0 Å². The fourth-order valence-corrected chi connectivity index (χ4v) is 2.15.